The highest BCUT2D eigenvalue weighted by Gasteiger charge is 2.21. The molecule has 1 rings (SSSR count). The van der Waals surface area contributed by atoms with E-state index in [1.807, 2.05) is 20.8 Å². The standard InChI is InChI=1S/C12H24N2O4/c1-12(2,3)18-11(16)13-10(9-15)8-14-4-6-17-7-5-14/h10,15H,4-9H2,1-3H3,(H,13,16)/t10-/m1/s1. The molecular formula is C12H24N2O4. The quantitative estimate of drug-likeness (QED) is 0.756. The fourth-order valence-corrected chi connectivity index (χ4v) is 1.72. The lowest BCUT2D eigenvalue weighted by Gasteiger charge is -2.30. The molecule has 1 amide bonds. The Balaban J connectivity index is 2.34. The summed E-state index contributed by atoms with van der Waals surface area (Å²) in [6.45, 7) is 8.98. The number of nitrogens with zero attached hydrogens (tertiary/aromatic N) is 1. The second kappa shape index (κ2) is 6.92. The van der Waals surface area contributed by atoms with E-state index in [1.165, 1.54) is 0 Å². The van der Waals surface area contributed by atoms with E-state index in [0.29, 0.717) is 19.8 Å². The number of carbonyl (C=O) groups is 1. The molecule has 0 aromatic rings. The minimum absolute atomic E-state index is 0.101. The van der Waals surface area contributed by atoms with Crippen molar-refractivity contribution >= 4 is 6.09 Å². The zero-order valence-electron chi connectivity index (χ0n) is 11.4. The molecule has 0 aromatic carbocycles. The molecule has 0 aromatic heterocycles. The van der Waals surface area contributed by atoms with E-state index in [1.54, 1.807) is 0 Å². The summed E-state index contributed by atoms with van der Waals surface area (Å²) in [5, 5.41) is 12.0. The largest absolute Gasteiger partial charge is 0.444 e. The van der Waals surface area contributed by atoms with Gasteiger partial charge in [0.1, 0.15) is 5.60 Å². The number of ether oxygens (including phenoxy) is 2. The third kappa shape index (κ3) is 6.18. The zero-order chi connectivity index (χ0) is 13.6. The Morgan fingerprint density at radius 2 is 2.06 bits per heavy atom. The van der Waals surface area contributed by atoms with Gasteiger partial charge >= 0.3 is 6.09 Å². The van der Waals surface area contributed by atoms with Crippen molar-refractivity contribution in [2.75, 3.05) is 39.5 Å². The first-order chi connectivity index (χ1) is 8.40. The topological polar surface area (TPSA) is 71.0 Å². The van der Waals surface area contributed by atoms with Crippen LogP contribution in [0.15, 0.2) is 0 Å². The molecule has 1 saturated heterocycles. The number of morpholine rings is 1. The lowest BCUT2D eigenvalue weighted by Crippen LogP contribution is -2.49. The molecule has 1 heterocycles. The van der Waals surface area contributed by atoms with E-state index < -0.39 is 11.7 Å². The molecule has 0 radical (unpaired) electrons. The summed E-state index contributed by atoms with van der Waals surface area (Å²) in [5.74, 6) is 0. The van der Waals surface area contributed by atoms with Gasteiger partial charge in [0.25, 0.3) is 0 Å². The first-order valence-corrected chi connectivity index (χ1v) is 6.31. The van der Waals surface area contributed by atoms with Gasteiger partial charge in [-0.25, -0.2) is 4.79 Å². The smallest absolute Gasteiger partial charge is 0.407 e. The van der Waals surface area contributed by atoms with Gasteiger partial charge in [0.05, 0.1) is 25.9 Å². The van der Waals surface area contributed by atoms with Crippen LogP contribution in [0.4, 0.5) is 4.79 Å². The van der Waals surface area contributed by atoms with Crippen molar-refractivity contribution in [3.05, 3.63) is 0 Å². The molecular weight excluding hydrogens is 236 g/mol. The number of carbonyl (C=O) groups excluding carboxylic acids is 1. The molecule has 6 nitrogen and oxygen atoms in total. The summed E-state index contributed by atoms with van der Waals surface area (Å²) in [6.07, 6.45) is -0.491. The number of hydrogen-bond acceptors (Lipinski definition) is 5. The molecule has 0 bridgehead atoms. The summed E-state index contributed by atoms with van der Waals surface area (Å²) >= 11 is 0. The minimum Gasteiger partial charge on any atom is -0.444 e. The van der Waals surface area contributed by atoms with Gasteiger partial charge in [-0.2, -0.15) is 0 Å². The Bertz CT molecular complexity index is 259. The lowest BCUT2D eigenvalue weighted by molar-refractivity contribution is 0.0244. The molecule has 0 unspecified atom stereocenters. The fraction of sp³-hybridized carbons (Fsp3) is 0.917. The van der Waals surface area contributed by atoms with Crippen LogP contribution in [-0.2, 0) is 9.47 Å². The maximum Gasteiger partial charge on any atom is 0.407 e. The van der Waals surface area contributed by atoms with Crippen molar-refractivity contribution in [1.29, 1.82) is 0 Å². The maximum absolute atomic E-state index is 11.6. The predicted molar refractivity (Wildman–Crippen MR) is 67.5 cm³/mol. The van der Waals surface area contributed by atoms with E-state index in [4.69, 9.17) is 9.47 Å². The van der Waals surface area contributed by atoms with Crippen molar-refractivity contribution in [3.8, 4) is 0 Å². The van der Waals surface area contributed by atoms with Crippen molar-refractivity contribution in [2.45, 2.75) is 32.4 Å². The predicted octanol–water partition coefficient (Wildman–Crippen LogP) is 0.204. The number of alkyl carbamates (subject to hydrolysis) is 1. The van der Waals surface area contributed by atoms with Crippen molar-refractivity contribution < 1.29 is 19.4 Å². The number of nitrogens with one attached hydrogen (secondary N) is 1. The van der Waals surface area contributed by atoms with Gasteiger partial charge < -0.3 is 19.9 Å². The molecule has 0 saturated carbocycles. The van der Waals surface area contributed by atoms with Gasteiger partial charge in [-0.15, -0.1) is 0 Å². The van der Waals surface area contributed by atoms with Crippen LogP contribution >= 0.6 is 0 Å². The first-order valence-electron chi connectivity index (χ1n) is 6.31. The van der Waals surface area contributed by atoms with Gasteiger partial charge in [-0.05, 0) is 20.8 Å². The molecule has 18 heavy (non-hydrogen) atoms. The molecule has 1 aliphatic heterocycles. The van der Waals surface area contributed by atoms with Crippen molar-refractivity contribution in [3.63, 3.8) is 0 Å². The van der Waals surface area contributed by atoms with Gasteiger partial charge in [0, 0.05) is 19.6 Å². The minimum atomic E-state index is -0.525. The molecule has 6 heteroatoms. The van der Waals surface area contributed by atoms with Crippen LogP contribution in [0.2, 0.25) is 0 Å². The molecule has 1 aliphatic rings. The highest BCUT2D eigenvalue weighted by molar-refractivity contribution is 5.68. The highest BCUT2D eigenvalue weighted by atomic mass is 16.6. The van der Waals surface area contributed by atoms with Gasteiger partial charge in [0.2, 0.25) is 0 Å². The average Bonchev–Trinajstić information content (AvgIpc) is 2.27. The van der Waals surface area contributed by atoms with E-state index in [-0.39, 0.29) is 12.6 Å². The molecule has 0 aliphatic carbocycles. The van der Waals surface area contributed by atoms with E-state index >= 15 is 0 Å². The maximum atomic E-state index is 11.6. The summed E-state index contributed by atoms with van der Waals surface area (Å²) in [4.78, 5) is 13.7. The number of amides is 1. The summed E-state index contributed by atoms with van der Waals surface area (Å²) in [7, 11) is 0. The average molecular weight is 260 g/mol. The number of hydrogen-bond donors (Lipinski definition) is 2. The monoisotopic (exact) mass is 260 g/mol. The van der Waals surface area contributed by atoms with Crippen LogP contribution in [0.5, 0.6) is 0 Å². The van der Waals surface area contributed by atoms with Crippen LogP contribution in [0.25, 0.3) is 0 Å². The summed E-state index contributed by atoms with van der Waals surface area (Å²) in [6, 6.07) is -0.307. The second-order valence-corrected chi connectivity index (χ2v) is 5.44. The van der Waals surface area contributed by atoms with Crippen LogP contribution in [0, 0.1) is 0 Å². The zero-order valence-corrected chi connectivity index (χ0v) is 11.4. The van der Waals surface area contributed by atoms with Crippen LogP contribution in [0.1, 0.15) is 20.8 Å². The second-order valence-electron chi connectivity index (χ2n) is 5.44. The molecule has 106 valence electrons. The molecule has 2 N–H and O–H groups in total. The SMILES string of the molecule is CC(C)(C)OC(=O)N[C@@H](CO)CN1CCOCC1. The number of aliphatic hydroxyl groups excluding tert-OH is 1. The molecule has 0 spiro atoms. The summed E-state index contributed by atoms with van der Waals surface area (Å²) < 4.78 is 10.4. The Morgan fingerprint density at radius 3 is 2.56 bits per heavy atom. The third-order valence-corrected chi connectivity index (χ3v) is 2.52. The van der Waals surface area contributed by atoms with E-state index in [2.05, 4.69) is 10.2 Å². The normalized spacial score (nSPS) is 19.3. The number of rotatable bonds is 4. The Kier molecular flexibility index (Phi) is 5.84. The first kappa shape index (κ1) is 15.2. The Hall–Kier alpha value is -0.850. The highest BCUT2D eigenvalue weighted by Crippen LogP contribution is 2.07. The molecule has 1 atom stereocenters. The van der Waals surface area contributed by atoms with Gasteiger partial charge in [-0.1, -0.05) is 0 Å². The van der Waals surface area contributed by atoms with E-state index in [0.717, 1.165) is 13.1 Å². The Morgan fingerprint density at radius 1 is 1.44 bits per heavy atom. The molecule has 1 fully saturated rings. The van der Waals surface area contributed by atoms with Gasteiger partial charge in [0.15, 0.2) is 0 Å². The lowest BCUT2D eigenvalue weighted by atomic mass is 10.2. The van der Waals surface area contributed by atoms with E-state index in [9.17, 15) is 9.90 Å². The summed E-state index contributed by atoms with van der Waals surface area (Å²) in [5.41, 5.74) is -0.525. The fourth-order valence-electron chi connectivity index (χ4n) is 1.72. The van der Waals surface area contributed by atoms with Crippen molar-refractivity contribution in [2.24, 2.45) is 0 Å². The third-order valence-electron chi connectivity index (χ3n) is 2.52. The van der Waals surface area contributed by atoms with Crippen molar-refractivity contribution in [1.82, 2.24) is 10.2 Å². The van der Waals surface area contributed by atoms with Crippen LogP contribution in [-0.4, -0.2) is 67.2 Å². The number of aliphatic hydroxyl groups is 1. The van der Waals surface area contributed by atoms with Crippen LogP contribution in [0.3, 0.4) is 0 Å². The van der Waals surface area contributed by atoms with Gasteiger partial charge in [-0.3, -0.25) is 4.90 Å². The van der Waals surface area contributed by atoms with Crippen LogP contribution < -0.4 is 5.32 Å². The Labute approximate surface area is 108 Å².